The van der Waals surface area contributed by atoms with Crippen LogP contribution in [0.25, 0.3) is 0 Å². The van der Waals surface area contributed by atoms with E-state index < -0.39 is 0 Å². The quantitative estimate of drug-likeness (QED) is 0.695. The third-order valence-corrected chi connectivity index (χ3v) is 3.01. The van der Waals surface area contributed by atoms with Gasteiger partial charge in [0.05, 0.1) is 19.1 Å². The van der Waals surface area contributed by atoms with Gasteiger partial charge in [-0.25, -0.2) is 0 Å². The molecular formula is C11H22N2O3. The average molecular weight is 230 g/mol. The molecule has 1 saturated heterocycles. The molecule has 0 aliphatic carbocycles. The Morgan fingerprint density at radius 2 is 2.00 bits per heavy atom. The average Bonchev–Trinajstić information content (AvgIpc) is 2.30. The highest BCUT2D eigenvalue weighted by Gasteiger charge is 2.21. The number of ether oxygens (including phenoxy) is 1. The highest BCUT2D eigenvalue weighted by atomic mass is 16.5. The summed E-state index contributed by atoms with van der Waals surface area (Å²) < 4.78 is 5.08. The van der Waals surface area contributed by atoms with Crippen molar-refractivity contribution >= 4 is 5.91 Å². The van der Waals surface area contributed by atoms with Crippen molar-refractivity contribution in [1.29, 1.82) is 0 Å². The molecule has 0 aromatic heterocycles. The van der Waals surface area contributed by atoms with Crippen molar-refractivity contribution in [3.8, 4) is 0 Å². The first-order chi connectivity index (χ1) is 7.67. The minimum atomic E-state index is -0.0111. The van der Waals surface area contributed by atoms with Crippen molar-refractivity contribution in [2.45, 2.75) is 19.4 Å². The first-order valence-electron chi connectivity index (χ1n) is 5.81. The van der Waals surface area contributed by atoms with E-state index in [2.05, 4.69) is 4.90 Å². The molecule has 1 atom stereocenters. The number of aliphatic hydroxyl groups excluding tert-OH is 1. The van der Waals surface area contributed by atoms with Gasteiger partial charge >= 0.3 is 0 Å². The fourth-order valence-electron chi connectivity index (χ4n) is 1.82. The molecule has 1 rings (SSSR count). The molecule has 5 heteroatoms. The number of aliphatic hydroxyl groups is 1. The van der Waals surface area contributed by atoms with Crippen LogP contribution in [0, 0.1) is 0 Å². The van der Waals surface area contributed by atoms with Crippen LogP contribution in [0.1, 0.15) is 13.3 Å². The Morgan fingerprint density at radius 1 is 1.38 bits per heavy atom. The van der Waals surface area contributed by atoms with Gasteiger partial charge in [-0.15, -0.1) is 0 Å². The van der Waals surface area contributed by atoms with Crippen molar-refractivity contribution < 1.29 is 14.6 Å². The van der Waals surface area contributed by atoms with E-state index in [0.29, 0.717) is 13.0 Å². The number of hydrogen-bond donors (Lipinski definition) is 1. The number of carbonyl (C=O) groups excluding carboxylic acids is 1. The van der Waals surface area contributed by atoms with Crippen molar-refractivity contribution in [1.82, 2.24) is 9.80 Å². The predicted molar refractivity (Wildman–Crippen MR) is 61.2 cm³/mol. The fraction of sp³-hybridized carbons (Fsp3) is 0.909. The van der Waals surface area contributed by atoms with E-state index in [1.165, 1.54) is 0 Å². The molecule has 1 amide bonds. The van der Waals surface area contributed by atoms with E-state index in [-0.39, 0.29) is 18.6 Å². The number of rotatable bonds is 5. The fourth-order valence-corrected chi connectivity index (χ4v) is 1.82. The maximum Gasteiger partial charge on any atom is 0.225 e. The number of β-amino-alcohol motifs (C(OH)–C–C–N with tert-alkyl or cyclic N) is 1. The summed E-state index contributed by atoms with van der Waals surface area (Å²) in [5, 5.41) is 8.81. The van der Waals surface area contributed by atoms with Gasteiger partial charge < -0.3 is 14.7 Å². The first-order valence-corrected chi connectivity index (χ1v) is 5.81. The molecule has 1 unspecified atom stereocenters. The third kappa shape index (κ3) is 4.08. The van der Waals surface area contributed by atoms with E-state index >= 15 is 0 Å². The van der Waals surface area contributed by atoms with Crippen LogP contribution in [-0.2, 0) is 9.53 Å². The van der Waals surface area contributed by atoms with Crippen LogP contribution in [0.5, 0.6) is 0 Å². The highest BCUT2D eigenvalue weighted by molar-refractivity contribution is 5.76. The second kappa shape index (κ2) is 6.83. The second-order valence-electron chi connectivity index (χ2n) is 4.20. The molecule has 1 aliphatic rings. The summed E-state index contributed by atoms with van der Waals surface area (Å²) in [6.07, 6.45) is 0.444. The molecule has 0 radical (unpaired) electrons. The van der Waals surface area contributed by atoms with Crippen LogP contribution in [0.3, 0.4) is 0 Å². The number of nitrogens with zero attached hydrogens (tertiary/aromatic N) is 2. The molecular weight excluding hydrogens is 208 g/mol. The summed E-state index contributed by atoms with van der Waals surface area (Å²) >= 11 is 0. The molecule has 0 spiro atoms. The molecule has 0 aromatic rings. The normalized spacial score (nSPS) is 19.8. The summed E-state index contributed by atoms with van der Waals surface area (Å²) in [6, 6.07) is 0. The molecule has 0 saturated carbocycles. The minimum Gasteiger partial charge on any atom is -0.395 e. The molecule has 1 aliphatic heterocycles. The number of hydrogen-bond acceptors (Lipinski definition) is 4. The largest absolute Gasteiger partial charge is 0.395 e. The number of piperazine rings is 1. The molecule has 0 bridgehead atoms. The Kier molecular flexibility index (Phi) is 5.73. The van der Waals surface area contributed by atoms with Gasteiger partial charge in [-0.1, -0.05) is 0 Å². The van der Waals surface area contributed by atoms with Crippen molar-refractivity contribution in [2.75, 3.05) is 46.4 Å². The maximum absolute atomic E-state index is 11.8. The Bertz CT molecular complexity index is 215. The molecule has 16 heavy (non-hydrogen) atoms. The summed E-state index contributed by atoms with van der Waals surface area (Å²) in [6.45, 7) is 6.02. The summed E-state index contributed by atoms with van der Waals surface area (Å²) in [5.41, 5.74) is 0. The predicted octanol–water partition coefficient (Wildman–Crippen LogP) is -0.452. The van der Waals surface area contributed by atoms with Gasteiger partial charge in [0.15, 0.2) is 0 Å². The topological polar surface area (TPSA) is 53.0 Å². The molecule has 1 heterocycles. The Balaban J connectivity index is 2.27. The van der Waals surface area contributed by atoms with Gasteiger partial charge in [0.1, 0.15) is 0 Å². The number of methoxy groups -OCH3 is 1. The van der Waals surface area contributed by atoms with Gasteiger partial charge in [0.2, 0.25) is 5.91 Å². The summed E-state index contributed by atoms with van der Waals surface area (Å²) in [4.78, 5) is 15.9. The van der Waals surface area contributed by atoms with Crippen molar-refractivity contribution in [3.05, 3.63) is 0 Å². The number of carbonyl (C=O) groups is 1. The third-order valence-electron chi connectivity index (χ3n) is 3.01. The SMILES string of the molecule is COC(C)CC(=O)N1CCN(CCO)CC1. The van der Waals surface area contributed by atoms with Gasteiger partial charge in [0, 0.05) is 39.8 Å². The van der Waals surface area contributed by atoms with E-state index in [1.807, 2.05) is 11.8 Å². The lowest BCUT2D eigenvalue weighted by Gasteiger charge is -2.34. The lowest BCUT2D eigenvalue weighted by atomic mass is 10.2. The van der Waals surface area contributed by atoms with Crippen LogP contribution in [-0.4, -0.2) is 73.4 Å². The van der Waals surface area contributed by atoms with Crippen LogP contribution < -0.4 is 0 Å². The van der Waals surface area contributed by atoms with Crippen LogP contribution in [0.2, 0.25) is 0 Å². The lowest BCUT2D eigenvalue weighted by Crippen LogP contribution is -2.49. The number of amides is 1. The Labute approximate surface area is 97.0 Å². The highest BCUT2D eigenvalue weighted by Crippen LogP contribution is 2.06. The van der Waals surface area contributed by atoms with E-state index in [0.717, 1.165) is 26.2 Å². The first kappa shape index (κ1) is 13.4. The monoisotopic (exact) mass is 230 g/mol. The molecule has 94 valence electrons. The zero-order valence-corrected chi connectivity index (χ0v) is 10.2. The van der Waals surface area contributed by atoms with Gasteiger partial charge in [-0.2, -0.15) is 0 Å². The van der Waals surface area contributed by atoms with E-state index in [9.17, 15) is 4.79 Å². The molecule has 1 N–H and O–H groups in total. The molecule has 0 aromatic carbocycles. The smallest absolute Gasteiger partial charge is 0.225 e. The standard InChI is InChI=1S/C11H22N2O3/c1-10(16-2)9-11(15)13-5-3-12(4-6-13)7-8-14/h10,14H,3-9H2,1-2H3. The second-order valence-corrected chi connectivity index (χ2v) is 4.20. The zero-order chi connectivity index (χ0) is 12.0. The summed E-state index contributed by atoms with van der Waals surface area (Å²) in [7, 11) is 1.62. The molecule has 5 nitrogen and oxygen atoms in total. The van der Waals surface area contributed by atoms with Crippen molar-refractivity contribution in [3.63, 3.8) is 0 Å². The Morgan fingerprint density at radius 3 is 2.50 bits per heavy atom. The van der Waals surface area contributed by atoms with E-state index in [4.69, 9.17) is 9.84 Å². The van der Waals surface area contributed by atoms with Gasteiger partial charge in [0.25, 0.3) is 0 Å². The maximum atomic E-state index is 11.8. The van der Waals surface area contributed by atoms with Crippen molar-refractivity contribution in [2.24, 2.45) is 0 Å². The van der Waals surface area contributed by atoms with E-state index in [1.54, 1.807) is 7.11 Å². The van der Waals surface area contributed by atoms with Gasteiger partial charge in [-0.05, 0) is 6.92 Å². The molecule has 1 fully saturated rings. The van der Waals surface area contributed by atoms with Crippen LogP contribution in [0.4, 0.5) is 0 Å². The summed E-state index contributed by atoms with van der Waals surface area (Å²) in [5.74, 6) is 0.165. The van der Waals surface area contributed by atoms with Crippen LogP contribution >= 0.6 is 0 Å². The van der Waals surface area contributed by atoms with Crippen LogP contribution in [0.15, 0.2) is 0 Å². The lowest BCUT2D eigenvalue weighted by molar-refractivity contribution is -0.135. The zero-order valence-electron chi connectivity index (χ0n) is 10.2. The van der Waals surface area contributed by atoms with Gasteiger partial charge in [-0.3, -0.25) is 9.69 Å². The minimum absolute atomic E-state index is 0.0111. The Hall–Kier alpha value is -0.650.